The van der Waals surface area contributed by atoms with E-state index in [1.165, 1.54) is 6.07 Å². The Labute approximate surface area is 153 Å². The third kappa shape index (κ3) is 4.22. The molecule has 1 amide bonds. The minimum Gasteiger partial charge on any atom is -0.362 e. The lowest BCUT2D eigenvalue weighted by Crippen LogP contribution is -2.16. The van der Waals surface area contributed by atoms with E-state index < -0.39 is 29.0 Å². The van der Waals surface area contributed by atoms with E-state index >= 15 is 0 Å². The highest BCUT2D eigenvalue weighted by atomic mass is 19.2. The van der Waals surface area contributed by atoms with Gasteiger partial charge in [0.1, 0.15) is 5.82 Å². The van der Waals surface area contributed by atoms with Crippen molar-refractivity contribution in [2.75, 3.05) is 10.6 Å². The molecule has 27 heavy (non-hydrogen) atoms. The summed E-state index contributed by atoms with van der Waals surface area (Å²) in [6.45, 7) is 1.95. The minimum atomic E-state index is -1.66. The Morgan fingerprint density at radius 1 is 0.926 bits per heavy atom. The average molecular weight is 372 g/mol. The molecule has 0 spiro atoms. The smallest absolute Gasteiger partial charge is 0.276 e. The second kappa shape index (κ2) is 7.86. The van der Waals surface area contributed by atoms with Gasteiger partial charge in [0.15, 0.2) is 23.1 Å². The normalized spacial score (nSPS) is 11.7. The van der Waals surface area contributed by atoms with Crippen LogP contribution < -0.4 is 10.6 Å². The summed E-state index contributed by atoms with van der Waals surface area (Å²) in [5.41, 5.74) is 0.465. The van der Waals surface area contributed by atoms with E-state index in [1.807, 2.05) is 37.3 Å². The first-order chi connectivity index (χ1) is 13.0. The van der Waals surface area contributed by atoms with E-state index in [-0.39, 0.29) is 11.7 Å². The van der Waals surface area contributed by atoms with Crippen molar-refractivity contribution in [3.63, 3.8) is 0 Å². The van der Waals surface area contributed by atoms with Crippen LogP contribution in [-0.4, -0.2) is 16.1 Å². The molecule has 0 bridgehead atoms. The van der Waals surface area contributed by atoms with Gasteiger partial charge in [0.2, 0.25) is 0 Å². The lowest BCUT2D eigenvalue weighted by atomic mass is 10.1. The van der Waals surface area contributed by atoms with Crippen LogP contribution in [0.15, 0.2) is 54.6 Å². The van der Waals surface area contributed by atoms with Crippen molar-refractivity contribution >= 4 is 17.4 Å². The van der Waals surface area contributed by atoms with Crippen LogP contribution in [0.5, 0.6) is 0 Å². The van der Waals surface area contributed by atoms with Crippen LogP contribution in [0.3, 0.4) is 0 Å². The van der Waals surface area contributed by atoms with Gasteiger partial charge in [-0.1, -0.05) is 30.3 Å². The molecule has 1 unspecified atom stereocenters. The Bertz CT molecular complexity index is 949. The highest BCUT2D eigenvalue weighted by Crippen LogP contribution is 2.20. The van der Waals surface area contributed by atoms with Crippen LogP contribution in [-0.2, 0) is 0 Å². The molecule has 3 rings (SSSR count). The van der Waals surface area contributed by atoms with Gasteiger partial charge in [-0.3, -0.25) is 4.79 Å². The summed E-state index contributed by atoms with van der Waals surface area (Å²) in [6, 6.07) is 14.2. The third-order valence-corrected chi connectivity index (χ3v) is 3.84. The molecular formula is C19H15F3N4O. The molecule has 0 fully saturated rings. The lowest BCUT2D eigenvalue weighted by Gasteiger charge is -2.14. The second-order valence-electron chi connectivity index (χ2n) is 5.76. The van der Waals surface area contributed by atoms with Crippen molar-refractivity contribution in [2.45, 2.75) is 13.0 Å². The summed E-state index contributed by atoms with van der Waals surface area (Å²) >= 11 is 0. The van der Waals surface area contributed by atoms with E-state index in [0.717, 1.165) is 17.7 Å². The Balaban J connectivity index is 1.68. The molecule has 1 aromatic heterocycles. The van der Waals surface area contributed by atoms with E-state index in [1.54, 1.807) is 6.07 Å². The van der Waals surface area contributed by atoms with Gasteiger partial charge in [0.05, 0.1) is 5.69 Å². The largest absolute Gasteiger partial charge is 0.362 e. The van der Waals surface area contributed by atoms with Crippen molar-refractivity contribution in [3.05, 3.63) is 83.3 Å². The third-order valence-electron chi connectivity index (χ3n) is 3.84. The first-order valence-electron chi connectivity index (χ1n) is 8.06. The molecule has 0 saturated heterocycles. The topological polar surface area (TPSA) is 66.9 Å². The molecule has 2 N–H and O–H groups in total. The highest BCUT2D eigenvalue weighted by molar-refractivity contribution is 6.02. The molecule has 0 aliphatic rings. The van der Waals surface area contributed by atoms with Gasteiger partial charge in [0, 0.05) is 6.04 Å². The Hall–Kier alpha value is -3.42. The number of amides is 1. The van der Waals surface area contributed by atoms with Crippen molar-refractivity contribution in [3.8, 4) is 0 Å². The predicted molar refractivity (Wildman–Crippen MR) is 94.8 cm³/mol. The van der Waals surface area contributed by atoms with E-state index in [9.17, 15) is 18.0 Å². The number of nitrogens with zero attached hydrogens (tertiary/aromatic N) is 2. The van der Waals surface area contributed by atoms with E-state index in [0.29, 0.717) is 5.82 Å². The summed E-state index contributed by atoms with van der Waals surface area (Å²) in [6.07, 6.45) is 0. The van der Waals surface area contributed by atoms with Crippen molar-refractivity contribution in [1.29, 1.82) is 0 Å². The maximum absolute atomic E-state index is 13.6. The number of hydrogen-bond donors (Lipinski definition) is 2. The minimum absolute atomic E-state index is 0.0311. The van der Waals surface area contributed by atoms with Gasteiger partial charge in [-0.15, -0.1) is 10.2 Å². The van der Waals surface area contributed by atoms with Crippen LogP contribution in [0.1, 0.15) is 29.0 Å². The fraction of sp³-hybridized carbons (Fsp3) is 0.105. The molecule has 0 radical (unpaired) electrons. The predicted octanol–water partition coefficient (Wildman–Crippen LogP) is 4.32. The van der Waals surface area contributed by atoms with E-state index in [2.05, 4.69) is 20.8 Å². The molecular weight excluding hydrogens is 357 g/mol. The van der Waals surface area contributed by atoms with Gasteiger partial charge in [-0.05, 0) is 36.8 Å². The molecule has 5 nitrogen and oxygen atoms in total. The van der Waals surface area contributed by atoms with Crippen LogP contribution >= 0.6 is 0 Å². The molecule has 3 aromatic rings. The van der Waals surface area contributed by atoms with Crippen molar-refractivity contribution in [2.24, 2.45) is 0 Å². The summed E-state index contributed by atoms with van der Waals surface area (Å²) in [5.74, 6) is -4.83. The van der Waals surface area contributed by atoms with Crippen molar-refractivity contribution in [1.82, 2.24) is 10.2 Å². The monoisotopic (exact) mass is 372 g/mol. The van der Waals surface area contributed by atoms with Gasteiger partial charge in [-0.2, -0.15) is 0 Å². The summed E-state index contributed by atoms with van der Waals surface area (Å²) < 4.78 is 39.8. The fourth-order valence-corrected chi connectivity index (χ4v) is 2.39. The number of anilines is 2. The first kappa shape index (κ1) is 18.4. The van der Waals surface area contributed by atoms with Gasteiger partial charge < -0.3 is 10.6 Å². The number of hydrogen-bond acceptors (Lipinski definition) is 4. The molecule has 8 heteroatoms. The maximum atomic E-state index is 13.6. The Kier molecular flexibility index (Phi) is 5.35. The zero-order valence-electron chi connectivity index (χ0n) is 14.2. The number of benzene rings is 2. The molecule has 0 saturated carbocycles. The standard InChI is InChI=1S/C19H15F3N4O/c1-11(12-5-3-2-4-6-12)23-16-10-9-15(25-26-16)19(27)24-14-8-7-13(20)17(21)18(14)22/h2-11H,1H3,(H,23,26)(H,24,27). The zero-order valence-corrected chi connectivity index (χ0v) is 14.2. The SMILES string of the molecule is CC(Nc1ccc(C(=O)Nc2ccc(F)c(F)c2F)nn1)c1ccccc1. The number of halogens is 3. The summed E-state index contributed by atoms with van der Waals surface area (Å²) in [7, 11) is 0. The fourth-order valence-electron chi connectivity index (χ4n) is 2.39. The quantitative estimate of drug-likeness (QED) is 0.655. The molecule has 0 aliphatic carbocycles. The molecule has 1 heterocycles. The Morgan fingerprint density at radius 2 is 1.67 bits per heavy atom. The molecule has 1 atom stereocenters. The lowest BCUT2D eigenvalue weighted by molar-refractivity contribution is 0.102. The highest BCUT2D eigenvalue weighted by Gasteiger charge is 2.17. The maximum Gasteiger partial charge on any atom is 0.276 e. The first-order valence-corrected chi connectivity index (χ1v) is 8.06. The van der Waals surface area contributed by atoms with Crippen molar-refractivity contribution < 1.29 is 18.0 Å². The molecule has 138 valence electrons. The molecule has 2 aromatic carbocycles. The second-order valence-corrected chi connectivity index (χ2v) is 5.76. The van der Waals surface area contributed by atoms with Crippen LogP contribution in [0.4, 0.5) is 24.7 Å². The Morgan fingerprint density at radius 3 is 2.33 bits per heavy atom. The van der Waals surface area contributed by atoms with Gasteiger partial charge in [0.25, 0.3) is 5.91 Å². The number of aromatic nitrogens is 2. The number of carbonyl (C=O) groups excluding carboxylic acids is 1. The number of rotatable bonds is 5. The number of carbonyl (C=O) groups is 1. The summed E-state index contributed by atoms with van der Waals surface area (Å²) in [5, 5.41) is 13.0. The summed E-state index contributed by atoms with van der Waals surface area (Å²) in [4.78, 5) is 12.1. The number of nitrogens with one attached hydrogen (secondary N) is 2. The van der Waals surface area contributed by atoms with Gasteiger partial charge in [-0.25, -0.2) is 13.2 Å². The van der Waals surface area contributed by atoms with Crippen LogP contribution in [0, 0.1) is 17.5 Å². The van der Waals surface area contributed by atoms with Crippen LogP contribution in [0.2, 0.25) is 0 Å². The van der Waals surface area contributed by atoms with Gasteiger partial charge >= 0.3 is 0 Å². The van der Waals surface area contributed by atoms with E-state index in [4.69, 9.17) is 0 Å². The average Bonchev–Trinajstić information content (AvgIpc) is 2.69. The van der Waals surface area contributed by atoms with Crippen LogP contribution in [0.25, 0.3) is 0 Å². The molecule has 0 aliphatic heterocycles. The zero-order chi connectivity index (χ0) is 19.4.